The highest BCUT2D eigenvalue weighted by atomic mass is 16.5. The molecule has 0 spiro atoms. The lowest BCUT2D eigenvalue weighted by atomic mass is 10.1. The molecule has 1 aromatic rings. The molecule has 80 valence electrons. The van der Waals surface area contributed by atoms with Crippen LogP contribution in [-0.4, -0.2) is 12.2 Å². The first-order valence-electron chi connectivity index (χ1n) is 5.32. The van der Waals surface area contributed by atoms with Crippen molar-refractivity contribution in [3.8, 4) is 0 Å². The van der Waals surface area contributed by atoms with E-state index in [0.717, 1.165) is 6.42 Å². The average molecular weight is 204 g/mol. The largest absolute Gasteiger partial charge is 0.496 e. The molecule has 1 aromatic carbocycles. The van der Waals surface area contributed by atoms with Crippen LogP contribution in [0.5, 0.6) is 0 Å². The van der Waals surface area contributed by atoms with E-state index in [0.29, 0.717) is 6.61 Å². The van der Waals surface area contributed by atoms with Crippen molar-refractivity contribution in [2.24, 2.45) is 0 Å². The third kappa shape index (κ3) is 2.83. The van der Waals surface area contributed by atoms with E-state index in [4.69, 9.17) is 9.47 Å². The van der Waals surface area contributed by atoms with E-state index < -0.39 is 0 Å². The molecule has 1 aliphatic rings. The summed E-state index contributed by atoms with van der Waals surface area (Å²) in [5, 5.41) is 0. The SMILES string of the molecule is C[C@@H]1OC=CC[C@@H]1OCc1ccccc1. The summed E-state index contributed by atoms with van der Waals surface area (Å²) in [4.78, 5) is 0. The molecule has 2 atom stereocenters. The summed E-state index contributed by atoms with van der Waals surface area (Å²) in [6.07, 6.45) is 5.03. The summed E-state index contributed by atoms with van der Waals surface area (Å²) in [6, 6.07) is 10.2. The minimum atomic E-state index is 0.152. The van der Waals surface area contributed by atoms with E-state index in [-0.39, 0.29) is 12.2 Å². The fourth-order valence-electron chi connectivity index (χ4n) is 1.63. The number of rotatable bonds is 3. The maximum absolute atomic E-state index is 5.80. The predicted molar refractivity (Wildman–Crippen MR) is 59.3 cm³/mol. The van der Waals surface area contributed by atoms with Gasteiger partial charge in [-0.3, -0.25) is 0 Å². The summed E-state index contributed by atoms with van der Waals surface area (Å²) >= 11 is 0. The molecule has 0 aliphatic carbocycles. The van der Waals surface area contributed by atoms with Gasteiger partial charge in [-0.1, -0.05) is 30.3 Å². The number of ether oxygens (including phenoxy) is 2. The fraction of sp³-hybridized carbons (Fsp3) is 0.385. The number of benzene rings is 1. The Balaban J connectivity index is 1.85. The van der Waals surface area contributed by atoms with Crippen molar-refractivity contribution < 1.29 is 9.47 Å². The second kappa shape index (κ2) is 4.99. The van der Waals surface area contributed by atoms with Crippen molar-refractivity contribution >= 4 is 0 Å². The zero-order chi connectivity index (χ0) is 10.5. The fourth-order valence-corrected chi connectivity index (χ4v) is 1.63. The van der Waals surface area contributed by atoms with Crippen LogP contribution in [0.4, 0.5) is 0 Å². The van der Waals surface area contributed by atoms with E-state index in [2.05, 4.69) is 12.1 Å². The Morgan fingerprint density at radius 2 is 2.13 bits per heavy atom. The Morgan fingerprint density at radius 3 is 2.87 bits per heavy atom. The molecule has 0 aromatic heterocycles. The van der Waals surface area contributed by atoms with E-state index in [1.807, 2.05) is 31.2 Å². The summed E-state index contributed by atoms with van der Waals surface area (Å²) in [5.74, 6) is 0. The Bertz CT molecular complexity index is 319. The first-order chi connectivity index (χ1) is 7.36. The molecule has 0 bridgehead atoms. The van der Waals surface area contributed by atoms with Crippen molar-refractivity contribution in [3.05, 3.63) is 48.2 Å². The van der Waals surface area contributed by atoms with Gasteiger partial charge in [0.15, 0.2) is 0 Å². The van der Waals surface area contributed by atoms with Gasteiger partial charge in [0.25, 0.3) is 0 Å². The van der Waals surface area contributed by atoms with Crippen molar-refractivity contribution in [2.45, 2.75) is 32.2 Å². The average Bonchev–Trinajstić information content (AvgIpc) is 2.29. The quantitative estimate of drug-likeness (QED) is 0.753. The van der Waals surface area contributed by atoms with Crippen molar-refractivity contribution in [1.82, 2.24) is 0 Å². The Morgan fingerprint density at radius 1 is 1.33 bits per heavy atom. The second-order valence-corrected chi connectivity index (χ2v) is 3.78. The number of hydrogen-bond acceptors (Lipinski definition) is 2. The lowest BCUT2D eigenvalue weighted by molar-refractivity contribution is -0.0504. The molecule has 0 amide bonds. The van der Waals surface area contributed by atoms with Gasteiger partial charge in [0.05, 0.1) is 19.0 Å². The molecular formula is C13H16O2. The summed E-state index contributed by atoms with van der Waals surface area (Å²) in [7, 11) is 0. The van der Waals surface area contributed by atoms with Crippen LogP contribution in [0.2, 0.25) is 0 Å². The van der Waals surface area contributed by atoms with Gasteiger partial charge in [-0.25, -0.2) is 0 Å². The molecule has 0 saturated heterocycles. The van der Waals surface area contributed by atoms with Crippen molar-refractivity contribution in [1.29, 1.82) is 0 Å². The van der Waals surface area contributed by atoms with E-state index in [1.165, 1.54) is 5.56 Å². The Kier molecular flexibility index (Phi) is 3.41. The van der Waals surface area contributed by atoms with E-state index in [9.17, 15) is 0 Å². The van der Waals surface area contributed by atoms with Gasteiger partial charge in [-0.2, -0.15) is 0 Å². The molecule has 0 radical (unpaired) electrons. The Labute approximate surface area is 90.5 Å². The maximum Gasteiger partial charge on any atom is 0.121 e. The third-order valence-corrected chi connectivity index (χ3v) is 2.59. The molecule has 0 N–H and O–H groups in total. The van der Waals surface area contributed by atoms with Gasteiger partial charge in [0.2, 0.25) is 0 Å². The van der Waals surface area contributed by atoms with Crippen LogP contribution in [-0.2, 0) is 16.1 Å². The molecule has 2 rings (SSSR count). The van der Waals surface area contributed by atoms with Crippen LogP contribution in [0, 0.1) is 0 Å². The van der Waals surface area contributed by atoms with Crippen LogP contribution in [0.25, 0.3) is 0 Å². The Hall–Kier alpha value is -1.28. The second-order valence-electron chi connectivity index (χ2n) is 3.78. The molecule has 2 heteroatoms. The van der Waals surface area contributed by atoms with Crippen molar-refractivity contribution in [3.63, 3.8) is 0 Å². The first kappa shape index (κ1) is 10.2. The zero-order valence-electron chi connectivity index (χ0n) is 8.93. The summed E-state index contributed by atoms with van der Waals surface area (Å²) in [5.41, 5.74) is 1.21. The topological polar surface area (TPSA) is 18.5 Å². The monoisotopic (exact) mass is 204 g/mol. The van der Waals surface area contributed by atoms with Crippen LogP contribution in [0.15, 0.2) is 42.7 Å². The van der Waals surface area contributed by atoms with Gasteiger partial charge in [-0.05, 0) is 25.0 Å². The van der Waals surface area contributed by atoms with E-state index >= 15 is 0 Å². The normalized spacial score (nSPS) is 24.9. The highest BCUT2D eigenvalue weighted by Gasteiger charge is 2.19. The van der Waals surface area contributed by atoms with Crippen LogP contribution >= 0.6 is 0 Å². The first-order valence-corrected chi connectivity index (χ1v) is 5.32. The molecule has 0 unspecified atom stereocenters. The standard InChI is InChI=1S/C13H16O2/c1-11-13(8-5-9-14-11)15-10-12-6-3-2-4-7-12/h2-7,9,11,13H,8,10H2,1H3/t11-,13-/m0/s1. The van der Waals surface area contributed by atoms with Crippen LogP contribution in [0.1, 0.15) is 18.9 Å². The maximum atomic E-state index is 5.80. The highest BCUT2D eigenvalue weighted by molar-refractivity contribution is 5.13. The van der Waals surface area contributed by atoms with Crippen LogP contribution < -0.4 is 0 Å². The van der Waals surface area contributed by atoms with Gasteiger partial charge in [0, 0.05) is 0 Å². The van der Waals surface area contributed by atoms with Crippen LogP contribution in [0.3, 0.4) is 0 Å². The molecule has 1 heterocycles. The number of hydrogen-bond donors (Lipinski definition) is 0. The van der Waals surface area contributed by atoms with Crippen molar-refractivity contribution in [2.75, 3.05) is 0 Å². The minimum Gasteiger partial charge on any atom is -0.496 e. The molecule has 1 aliphatic heterocycles. The van der Waals surface area contributed by atoms with E-state index in [1.54, 1.807) is 6.26 Å². The lowest BCUT2D eigenvalue weighted by Crippen LogP contribution is -2.29. The van der Waals surface area contributed by atoms with Gasteiger partial charge >= 0.3 is 0 Å². The lowest BCUT2D eigenvalue weighted by Gasteiger charge is -2.25. The summed E-state index contributed by atoms with van der Waals surface area (Å²) in [6.45, 7) is 2.70. The van der Waals surface area contributed by atoms with Gasteiger partial charge < -0.3 is 9.47 Å². The summed E-state index contributed by atoms with van der Waals surface area (Å²) < 4.78 is 11.2. The minimum absolute atomic E-state index is 0.152. The van der Waals surface area contributed by atoms with Gasteiger partial charge in [-0.15, -0.1) is 0 Å². The smallest absolute Gasteiger partial charge is 0.121 e. The zero-order valence-corrected chi connectivity index (χ0v) is 8.93. The highest BCUT2D eigenvalue weighted by Crippen LogP contribution is 2.16. The third-order valence-electron chi connectivity index (χ3n) is 2.59. The molecule has 0 fully saturated rings. The van der Waals surface area contributed by atoms with Gasteiger partial charge in [0.1, 0.15) is 6.10 Å². The molecule has 0 saturated carbocycles. The predicted octanol–water partition coefficient (Wildman–Crippen LogP) is 2.89. The molecule has 15 heavy (non-hydrogen) atoms. The molecular weight excluding hydrogens is 188 g/mol. The molecule has 2 nitrogen and oxygen atoms in total.